The molecule has 1 atom stereocenters. The molecule has 0 saturated carbocycles. The van der Waals surface area contributed by atoms with Crippen molar-refractivity contribution < 1.29 is 4.79 Å². The lowest BCUT2D eigenvalue weighted by Gasteiger charge is -2.18. The number of amides is 1. The standard InChI is InChI=1S/C20H19N3O/c1-15-5-7-16(8-6-15)14-19(18-4-2-3-11-22-18)23-20(24)17-9-12-21-13-10-17/h2-13,19H,14H2,1H3,(H,23,24)/t19-/m0/s1. The molecule has 120 valence electrons. The van der Waals surface area contributed by atoms with Gasteiger partial charge in [-0.2, -0.15) is 0 Å². The summed E-state index contributed by atoms with van der Waals surface area (Å²) in [5.74, 6) is -0.125. The summed E-state index contributed by atoms with van der Waals surface area (Å²) in [6, 6.07) is 17.3. The summed E-state index contributed by atoms with van der Waals surface area (Å²) < 4.78 is 0. The van der Waals surface area contributed by atoms with E-state index < -0.39 is 0 Å². The highest BCUT2D eigenvalue weighted by atomic mass is 16.1. The maximum absolute atomic E-state index is 12.5. The molecule has 0 aliphatic heterocycles. The van der Waals surface area contributed by atoms with E-state index in [0.29, 0.717) is 12.0 Å². The van der Waals surface area contributed by atoms with Gasteiger partial charge in [0.25, 0.3) is 5.91 Å². The van der Waals surface area contributed by atoms with Crippen molar-refractivity contribution >= 4 is 5.91 Å². The molecule has 0 fully saturated rings. The van der Waals surface area contributed by atoms with Gasteiger partial charge in [0.05, 0.1) is 11.7 Å². The monoisotopic (exact) mass is 317 g/mol. The molecule has 0 unspecified atom stereocenters. The minimum atomic E-state index is -0.186. The Balaban J connectivity index is 1.82. The van der Waals surface area contributed by atoms with Gasteiger partial charge >= 0.3 is 0 Å². The molecule has 4 nitrogen and oxygen atoms in total. The Hall–Kier alpha value is -3.01. The smallest absolute Gasteiger partial charge is 0.251 e. The van der Waals surface area contributed by atoms with Crippen molar-refractivity contribution in [1.82, 2.24) is 15.3 Å². The van der Waals surface area contributed by atoms with Crippen molar-refractivity contribution in [3.63, 3.8) is 0 Å². The van der Waals surface area contributed by atoms with Gasteiger partial charge in [0, 0.05) is 24.2 Å². The van der Waals surface area contributed by atoms with E-state index in [4.69, 9.17) is 0 Å². The molecular weight excluding hydrogens is 298 g/mol. The topological polar surface area (TPSA) is 54.9 Å². The van der Waals surface area contributed by atoms with E-state index in [0.717, 1.165) is 11.3 Å². The average Bonchev–Trinajstić information content (AvgIpc) is 2.64. The van der Waals surface area contributed by atoms with Crippen LogP contribution in [0.3, 0.4) is 0 Å². The molecular formula is C20H19N3O. The summed E-state index contributed by atoms with van der Waals surface area (Å²) in [5.41, 5.74) is 3.82. The number of pyridine rings is 2. The molecule has 0 saturated heterocycles. The molecule has 2 heterocycles. The van der Waals surface area contributed by atoms with Crippen molar-refractivity contribution in [3.05, 3.63) is 95.6 Å². The largest absolute Gasteiger partial charge is 0.343 e. The van der Waals surface area contributed by atoms with Gasteiger partial charge in [-0.25, -0.2) is 0 Å². The molecule has 24 heavy (non-hydrogen) atoms. The second-order valence-electron chi connectivity index (χ2n) is 5.71. The highest BCUT2D eigenvalue weighted by Crippen LogP contribution is 2.18. The minimum Gasteiger partial charge on any atom is -0.343 e. The van der Waals surface area contributed by atoms with Crippen molar-refractivity contribution in [2.45, 2.75) is 19.4 Å². The van der Waals surface area contributed by atoms with Crippen LogP contribution >= 0.6 is 0 Å². The molecule has 0 radical (unpaired) electrons. The SMILES string of the molecule is Cc1ccc(C[C@H](NC(=O)c2ccncc2)c2ccccn2)cc1. The fraction of sp³-hybridized carbons (Fsp3) is 0.150. The zero-order valence-corrected chi connectivity index (χ0v) is 13.5. The molecule has 3 rings (SSSR count). The summed E-state index contributed by atoms with van der Waals surface area (Å²) in [6.45, 7) is 2.06. The normalized spacial score (nSPS) is 11.7. The third kappa shape index (κ3) is 4.04. The molecule has 1 aromatic carbocycles. The van der Waals surface area contributed by atoms with E-state index in [1.54, 1.807) is 30.7 Å². The number of hydrogen-bond donors (Lipinski definition) is 1. The lowest BCUT2D eigenvalue weighted by Crippen LogP contribution is -2.30. The number of carbonyl (C=O) groups is 1. The Labute approximate surface area is 141 Å². The molecule has 0 spiro atoms. The van der Waals surface area contributed by atoms with Gasteiger partial charge in [-0.3, -0.25) is 14.8 Å². The van der Waals surface area contributed by atoms with Crippen LogP contribution in [0.5, 0.6) is 0 Å². The first-order valence-corrected chi connectivity index (χ1v) is 7.90. The number of nitrogens with zero attached hydrogens (tertiary/aromatic N) is 2. The molecule has 4 heteroatoms. The van der Waals surface area contributed by atoms with Crippen molar-refractivity contribution in [3.8, 4) is 0 Å². The summed E-state index contributed by atoms with van der Waals surface area (Å²) >= 11 is 0. The fourth-order valence-electron chi connectivity index (χ4n) is 2.52. The number of nitrogens with one attached hydrogen (secondary N) is 1. The molecule has 0 bridgehead atoms. The van der Waals surface area contributed by atoms with Crippen LogP contribution in [-0.4, -0.2) is 15.9 Å². The minimum absolute atomic E-state index is 0.125. The molecule has 1 amide bonds. The van der Waals surface area contributed by atoms with E-state index in [1.807, 2.05) is 18.2 Å². The summed E-state index contributed by atoms with van der Waals surface area (Å²) in [5, 5.41) is 3.08. The Morgan fingerprint density at radius 2 is 1.75 bits per heavy atom. The zero-order chi connectivity index (χ0) is 16.8. The first kappa shape index (κ1) is 15.9. The van der Waals surface area contributed by atoms with Crippen LogP contribution in [-0.2, 0) is 6.42 Å². The lowest BCUT2D eigenvalue weighted by molar-refractivity contribution is 0.0935. The second kappa shape index (κ2) is 7.51. The van der Waals surface area contributed by atoms with E-state index >= 15 is 0 Å². The van der Waals surface area contributed by atoms with Crippen LogP contribution in [0.4, 0.5) is 0 Å². The number of carbonyl (C=O) groups excluding carboxylic acids is 1. The van der Waals surface area contributed by atoms with Gasteiger partial charge in [0.15, 0.2) is 0 Å². The Bertz CT molecular complexity index is 786. The van der Waals surface area contributed by atoms with Gasteiger partial charge in [0.1, 0.15) is 0 Å². The van der Waals surface area contributed by atoms with Crippen molar-refractivity contribution in [2.75, 3.05) is 0 Å². The van der Waals surface area contributed by atoms with Crippen LogP contribution in [0.1, 0.15) is 33.2 Å². The van der Waals surface area contributed by atoms with E-state index in [-0.39, 0.29) is 11.9 Å². The highest BCUT2D eigenvalue weighted by molar-refractivity contribution is 5.94. The number of aryl methyl sites for hydroxylation is 1. The number of hydrogen-bond acceptors (Lipinski definition) is 3. The van der Waals surface area contributed by atoms with Crippen LogP contribution in [0.2, 0.25) is 0 Å². The van der Waals surface area contributed by atoms with E-state index in [1.165, 1.54) is 5.56 Å². The third-order valence-electron chi connectivity index (χ3n) is 3.85. The van der Waals surface area contributed by atoms with Gasteiger partial charge in [-0.05, 0) is 43.2 Å². The number of rotatable bonds is 5. The summed E-state index contributed by atoms with van der Waals surface area (Å²) in [6.07, 6.45) is 5.67. The van der Waals surface area contributed by atoms with Gasteiger partial charge in [-0.15, -0.1) is 0 Å². The van der Waals surface area contributed by atoms with Crippen LogP contribution in [0.25, 0.3) is 0 Å². The fourth-order valence-corrected chi connectivity index (χ4v) is 2.52. The molecule has 2 aromatic heterocycles. The van der Waals surface area contributed by atoms with Gasteiger partial charge in [-0.1, -0.05) is 35.9 Å². The van der Waals surface area contributed by atoms with Crippen LogP contribution in [0, 0.1) is 6.92 Å². The quantitative estimate of drug-likeness (QED) is 0.783. The molecule has 0 aliphatic carbocycles. The maximum atomic E-state index is 12.5. The Morgan fingerprint density at radius 1 is 1.00 bits per heavy atom. The van der Waals surface area contributed by atoms with Crippen LogP contribution in [0.15, 0.2) is 73.2 Å². The third-order valence-corrected chi connectivity index (χ3v) is 3.85. The first-order chi connectivity index (χ1) is 11.7. The average molecular weight is 317 g/mol. The maximum Gasteiger partial charge on any atom is 0.251 e. The molecule has 3 aromatic rings. The summed E-state index contributed by atoms with van der Waals surface area (Å²) in [4.78, 5) is 20.9. The number of aromatic nitrogens is 2. The van der Waals surface area contributed by atoms with Gasteiger partial charge in [0.2, 0.25) is 0 Å². The van der Waals surface area contributed by atoms with E-state index in [2.05, 4.69) is 46.5 Å². The molecule has 0 aliphatic rings. The Morgan fingerprint density at radius 3 is 2.42 bits per heavy atom. The molecule has 1 N–H and O–H groups in total. The van der Waals surface area contributed by atoms with Crippen molar-refractivity contribution in [1.29, 1.82) is 0 Å². The predicted octanol–water partition coefficient (Wildman–Crippen LogP) is 3.50. The first-order valence-electron chi connectivity index (χ1n) is 7.90. The second-order valence-corrected chi connectivity index (χ2v) is 5.71. The van der Waals surface area contributed by atoms with Crippen LogP contribution < -0.4 is 5.32 Å². The summed E-state index contributed by atoms with van der Waals surface area (Å²) in [7, 11) is 0. The van der Waals surface area contributed by atoms with Gasteiger partial charge < -0.3 is 5.32 Å². The van der Waals surface area contributed by atoms with E-state index in [9.17, 15) is 4.79 Å². The lowest BCUT2D eigenvalue weighted by atomic mass is 10.0. The predicted molar refractivity (Wildman–Crippen MR) is 93.6 cm³/mol. The highest BCUT2D eigenvalue weighted by Gasteiger charge is 2.17. The number of benzene rings is 1. The zero-order valence-electron chi connectivity index (χ0n) is 13.5. The van der Waals surface area contributed by atoms with Crippen molar-refractivity contribution in [2.24, 2.45) is 0 Å². The Kier molecular flexibility index (Phi) is 4.96.